The van der Waals surface area contributed by atoms with E-state index in [1.54, 1.807) is 0 Å². The Morgan fingerprint density at radius 3 is 0.788 bits per heavy atom. The monoisotopic (exact) mass is 1700 g/mol. The highest BCUT2D eigenvalue weighted by molar-refractivity contribution is 6.14. The summed E-state index contributed by atoms with van der Waals surface area (Å²) < 4.78 is 21.2. The Labute approximate surface area is 768 Å². The van der Waals surface area contributed by atoms with Gasteiger partial charge in [0.2, 0.25) is 0 Å². The van der Waals surface area contributed by atoms with Gasteiger partial charge in [-0.1, -0.05) is 284 Å². The molecule has 25 rings (SSSR count). The van der Waals surface area contributed by atoms with Crippen molar-refractivity contribution in [1.82, 2.24) is 13.7 Å². The van der Waals surface area contributed by atoms with Gasteiger partial charge in [0, 0.05) is 117 Å². The molecule has 3 aliphatic rings. The van der Waals surface area contributed by atoms with Gasteiger partial charge in [-0.25, -0.2) is 4.39 Å². The van der Waals surface area contributed by atoms with Crippen molar-refractivity contribution in [2.75, 3.05) is 14.7 Å². The summed E-state index contributed by atoms with van der Waals surface area (Å²) in [5.41, 5.74) is 38.8. The lowest BCUT2D eigenvalue weighted by molar-refractivity contribution is 0.628. The molecule has 3 aromatic heterocycles. The summed E-state index contributed by atoms with van der Waals surface area (Å²) in [6.45, 7) is 13.9. The van der Waals surface area contributed by atoms with Crippen LogP contribution in [0.25, 0.3) is 127 Å². The highest BCUT2D eigenvalue weighted by Gasteiger charge is 2.39. The molecule has 0 saturated heterocycles. The average molecular weight is 1700 g/mol. The van der Waals surface area contributed by atoms with Crippen LogP contribution in [-0.2, 0) is 16.2 Å². The summed E-state index contributed by atoms with van der Waals surface area (Å²) in [4.78, 5) is 6.98. The molecule has 22 aromatic rings. The molecule has 3 aliphatic carbocycles. The maximum atomic E-state index is 14.1. The third kappa shape index (κ3) is 13.4. The smallest absolute Gasteiger partial charge is 0.123 e. The number of aromatic nitrogens is 3. The van der Waals surface area contributed by atoms with Gasteiger partial charge in [-0.05, 0) is 284 Å². The standard InChI is InChI=1S/C45H34N2.C40H29N3.C39H29FN2/c1-45(2)41-19-11-9-17-37(41)38-27-25-36(30-42(38)45)46(34-23-21-32(22-24-34)31-13-5-3-6-14-31)35-26-28-44-40(29-35)39-18-10-12-20-43(39)47(44)33-15-7-4-8-16-33;1-40(2)36-14-8-6-12-32(36)33-22-20-31(25-37(33)40)42(29-18-16-27(26-41)17-19-29)30-21-23-39-35(24-30)34-13-7-9-15-38(34)43(39)28-10-4-3-5-11-28;1-39(2)35-14-8-6-12-31(35)32-22-20-30(25-36(32)39)41(28-18-16-26(40)17-19-28)29-21-23-38-34(24-29)33-13-7-9-15-37(33)42(38)27-10-4-3-5-11-27/h3-30H,1-2H3;3-25H,1-2H3;3-25H,1-2H3. The first-order valence-corrected chi connectivity index (χ1v) is 45.4. The number of benzene rings is 19. The van der Waals surface area contributed by atoms with E-state index in [9.17, 15) is 9.65 Å². The molecule has 3 heterocycles. The van der Waals surface area contributed by atoms with Crippen LogP contribution in [0.3, 0.4) is 0 Å². The maximum Gasteiger partial charge on any atom is 0.123 e. The SMILES string of the molecule is CC1(C)c2ccccc2-c2ccc(N(c3ccc(-c4ccccc4)cc3)c3ccc4c(c3)c3ccccc3n4-c3ccccc3)cc21.CC1(C)c2ccccc2-c2ccc(N(c3ccc(C#N)cc3)c3ccc4c(c3)c3ccccc3n4-c3ccccc3)cc21.CC1(C)c2ccccc2-c2ccc(N(c3ccc(F)cc3)c3ccc4c(c3)c3ccccc3n4-c3ccccc3)cc21. The predicted molar refractivity (Wildman–Crippen MR) is 549 cm³/mol. The number of fused-ring (bicyclic) bond motifs is 18. The summed E-state index contributed by atoms with van der Waals surface area (Å²) in [6.07, 6.45) is 0. The van der Waals surface area contributed by atoms with Gasteiger partial charge in [0.15, 0.2) is 0 Å². The van der Waals surface area contributed by atoms with Crippen molar-refractivity contribution >= 4 is 117 Å². The molecule has 8 heteroatoms. The number of para-hydroxylation sites is 6. The number of hydrogen-bond donors (Lipinski definition) is 0. The van der Waals surface area contributed by atoms with Crippen molar-refractivity contribution in [1.29, 1.82) is 5.26 Å². The second-order valence-corrected chi connectivity index (χ2v) is 36.4. The van der Waals surface area contributed by atoms with Gasteiger partial charge in [0.05, 0.1) is 44.7 Å². The van der Waals surface area contributed by atoms with E-state index in [2.05, 4.69) is 470 Å². The zero-order valence-corrected chi connectivity index (χ0v) is 74.2. The lowest BCUT2D eigenvalue weighted by atomic mass is 9.82. The van der Waals surface area contributed by atoms with Crippen LogP contribution in [-0.4, -0.2) is 13.7 Å². The Hall–Kier alpha value is -16.6. The quantitative estimate of drug-likeness (QED) is 0.115. The first-order valence-electron chi connectivity index (χ1n) is 45.4. The van der Waals surface area contributed by atoms with Crippen molar-refractivity contribution in [2.45, 2.75) is 57.8 Å². The van der Waals surface area contributed by atoms with Crippen LogP contribution in [0.2, 0.25) is 0 Å². The van der Waals surface area contributed by atoms with Crippen LogP contribution in [0, 0.1) is 17.1 Å². The van der Waals surface area contributed by atoms with E-state index in [0.29, 0.717) is 5.56 Å². The highest BCUT2D eigenvalue weighted by atomic mass is 19.1. The molecule has 0 amide bonds. The lowest BCUT2D eigenvalue weighted by Crippen LogP contribution is -2.16. The fourth-order valence-corrected chi connectivity index (χ4v) is 21.4. The van der Waals surface area contributed by atoms with E-state index in [-0.39, 0.29) is 22.1 Å². The zero-order valence-electron chi connectivity index (χ0n) is 74.2. The molecule has 7 nitrogen and oxygen atoms in total. The fourth-order valence-electron chi connectivity index (χ4n) is 21.4. The van der Waals surface area contributed by atoms with Crippen LogP contribution in [0.15, 0.2) is 449 Å². The molecule has 0 radical (unpaired) electrons. The van der Waals surface area contributed by atoms with Crippen molar-refractivity contribution in [2.24, 2.45) is 0 Å². The number of anilines is 9. The molecule has 0 aliphatic heterocycles. The average Bonchev–Trinajstić information content (AvgIpc) is 1.58. The fraction of sp³-hybridized carbons (Fsp3) is 0.0726. The second-order valence-electron chi connectivity index (χ2n) is 36.4. The summed E-state index contributed by atoms with van der Waals surface area (Å²) in [7, 11) is 0. The first-order chi connectivity index (χ1) is 64.6. The Morgan fingerprint density at radius 1 is 0.212 bits per heavy atom. The van der Waals surface area contributed by atoms with Crippen LogP contribution in [0.4, 0.5) is 55.6 Å². The molecule has 0 atom stereocenters. The van der Waals surface area contributed by atoms with Gasteiger partial charge in [-0.3, -0.25) is 0 Å². The number of hydrogen-bond acceptors (Lipinski definition) is 4. The van der Waals surface area contributed by atoms with E-state index < -0.39 is 0 Å². The van der Waals surface area contributed by atoms with E-state index in [4.69, 9.17) is 0 Å². The molecule has 0 N–H and O–H groups in total. The van der Waals surface area contributed by atoms with Crippen LogP contribution in [0.1, 0.15) is 80.5 Å². The molecule has 0 unspecified atom stereocenters. The van der Waals surface area contributed by atoms with Crippen molar-refractivity contribution < 1.29 is 4.39 Å². The summed E-state index contributed by atoms with van der Waals surface area (Å²) >= 11 is 0. The predicted octanol–water partition coefficient (Wildman–Crippen LogP) is 33.4. The topological polar surface area (TPSA) is 48.3 Å². The maximum absolute atomic E-state index is 14.1. The molecule has 0 spiro atoms. The van der Waals surface area contributed by atoms with Gasteiger partial charge in [-0.15, -0.1) is 0 Å². The Morgan fingerprint density at radius 2 is 0.455 bits per heavy atom. The van der Waals surface area contributed by atoms with Gasteiger partial charge < -0.3 is 28.4 Å². The van der Waals surface area contributed by atoms with Crippen LogP contribution < -0.4 is 14.7 Å². The minimum atomic E-state index is -0.245. The van der Waals surface area contributed by atoms with Crippen molar-refractivity contribution in [3.05, 3.63) is 494 Å². The summed E-state index contributed by atoms with van der Waals surface area (Å²) in [6, 6.07) is 161. The molecule has 0 bridgehead atoms. The largest absolute Gasteiger partial charge is 0.310 e. The van der Waals surface area contributed by atoms with Crippen LogP contribution >= 0.6 is 0 Å². The molecule has 0 fully saturated rings. The van der Waals surface area contributed by atoms with Gasteiger partial charge in [0.25, 0.3) is 0 Å². The van der Waals surface area contributed by atoms with E-state index in [1.807, 2.05) is 42.5 Å². The van der Waals surface area contributed by atoms with Gasteiger partial charge in [0.1, 0.15) is 5.82 Å². The van der Waals surface area contributed by atoms with Gasteiger partial charge in [-0.2, -0.15) is 5.26 Å². The third-order valence-corrected chi connectivity index (χ3v) is 27.8. The third-order valence-electron chi connectivity index (χ3n) is 27.8. The molecular weight excluding hydrogens is 1610 g/mol. The van der Waals surface area contributed by atoms with Crippen molar-refractivity contribution in [3.63, 3.8) is 0 Å². The van der Waals surface area contributed by atoms with E-state index >= 15 is 0 Å². The normalized spacial score (nSPS) is 13.1. The zero-order chi connectivity index (χ0) is 89.1. The minimum absolute atomic E-state index is 0.0855. The van der Waals surface area contributed by atoms with E-state index in [1.165, 1.54) is 156 Å². The molecule has 132 heavy (non-hydrogen) atoms. The molecule has 19 aromatic carbocycles. The molecule has 630 valence electrons. The first kappa shape index (κ1) is 80.0. The lowest BCUT2D eigenvalue weighted by Gasteiger charge is -2.28. The Bertz CT molecular complexity index is 8300. The highest BCUT2D eigenvalue weighted by Crippen LogP contribution is 2.56. The second kappa shape index (κ2) is 32.0. The van der Waals surface area contributed by atoms with E-state index in [0.717, 1.165) is 68.1 Å². The Balaban J connectivity index is 0.000000113. The molecule has 0 saturated carbocycles. The summed E-state index contributed by atoms with van der Waals surface area (Å²) in [5.74, 6) is -0.245. The van der Waals surface area contributed by atoms with Crippen LogP contribution in [0.5, 0.6) is 0 Å². The summed E-state index contributed by atoms with van der Waals surface area (Å²) in [5, 5.41) is 16.8. The number of halogens is 1. The molecular formula is C124H92FN7. The number of nitriles is 1. The number of nitrogens with zero attached hydrogens (tertiary/aromatic N) is 7. The Kier molecular flexibility index (Phi) is 19.4. The van der Waals surface area contributed by atoms with Crippen molar-refractivity contribution in [3.8, 4) is 67.6 Å². The number of rotatable bonds is 13. The minimum Gasteiger partial charge on any atom is -0.310 e. The van der Waals surface area contributed by atoms with Gasteiger partial charge >= 0.3 is 0 Å².